The lowest BCUT2D eigenvalue weighted by molar-refractivity contribution is 0.616. The highest BCUT2D eigenvalue weighted by Crippen LogP contribution is 2.24. The molecule has 0 atom stereocenters. The van der Waals surface area contributed by atoms with Gasteiger partial charge in [0.2, 0.25) is 0 Å². The average molecular weight is 303 g/mol. The molecule has 0 saturated carbocycles. The van der Waals surface area contributed by atoms with Crippen LogP contribution in [-0.2, 0) is 6.42 Å². The fraction of sp³-hybridized carbons (Fsp3) is 0.647. The van der Waals surface area contributed by atoms with E-state index in [2.05, 4.69) is 38.2 Å². The molecule has 22 heavy (non-hydrogen) atoms. The van der Waals surface area contributed by atoms with E-state index in [9.17, 15) is 0 Å². The smallest absolute Gasteiger partial charge is 0.157 e. The van der Waals surface area contributed by atoms with Gasteiger partial charge < -0.3 is 11.1 Å². The minimum absolute atomic E-state index is 0.508. The van der Waals surface area contributed by atoms with Crippen LogP contribution in [0.4, 0.5) is 5.82 Å². The highest BCUT2D eigenvalue weighted by Gasteiger charge is 2.14. The van der Waals surface area contributed by atoms with Crippen LogP contribution in [0.2, 0.25) is 0 Å². The van der Waals surface area contributed by atoms with Gasteiger partial charge in [0.15, 0.2) is 5.65 Å². The first-order valence-corrected chi connectivity index (χ1v) is 8.56. The second-order valence-electron chi connectivity index (χ2n) is 5.80. The Morgan fingerprint density at radius 2 is 2.00 bits per heavy atom. The second-order valence-corrected chi connectivity index (χ2v) is 5.80. The van der Waals surface area contributed by atoms with Gasteiger partial charge in [-0.05, 0) is 32.2 Å². The van der Waals surface area contributed by atoms with Crippen molar-refractivity contribution in [1.82, 2.24) is 14.6 Å². The summed E-state index contributed by atoms with van der Waals surface area (Å²) in [6.07, 6.45) is 5.26. The minimum atomic E-state index is 0.508. The maximum atomic E-state index is 5.59. The summed E-state index contributed by atoms with van der Waals surface area (Å²) >= 11 is 0. The van der Waals surface area contributed by atoms with E-state index in [1.807, 2.05) is 4.52 Å². The lowest BCUT2D eigenvalue weighted by Crippen LogP contribution is -2.12. The summed E-state index contributed by atoms with van der Waals surface area (Å²) in [7, 11) is 0. The lowest BCUT2D eigenvalue weighted by atomic mass is 10.00. The molecule has 0 saturated heterocycles. The standard InChI is InChI=1S/C17H29N5/c1-4-8-14-11-16(19-10-7-9-18)22-17(20-14)12-15(21-22)13(5-2)6-3/h11-13,19H,4-10,18H2,1-3H3. The third-order valence-electron chi connectivity index (χ3n) is 4.10. The fourth-order valence-electron chi connectivity index (χ4n) is 2.78. The molecule has 2 rings (SSSR count). The summed E-state index contributed by atoms with van der Waals surface area (Å²) in [5.41, 5.74) is 8.81. The maximum absolute atomic E-state index is 5.59. The van der Waals surface area contributed by atoms with E-state index < -0.39 is 0 Å². The van der Waals surface area contributed by atoms with Crippen molar-refractivity contribution in [3.8, 4) is 0 Å². The topological polar surface area (TPSA) is 68.2 Å². The fourth-order valence-corrected chi connectivity index (χ4v) is 2.78. The number of hydrogen-bond acceptors (Lipinski definition) is 4. The molecule has 0 aliphatic rings. The lowest BCUT2D eigenvalue weighted by Gasteiger charge is -2.10. The van der Waals surface area contributed by atoms with Crippen molar-refractivity contribution in [2.75, 3.05) is 18.4 Å². The van der Waals surface area contributed by atoms with Gasteiger partial charge in [0.1, 0.15) is 5.82 Å². The van der Waals surface area contributed by atoms with Gasteiger partial charge in [-0.25, -0.2) is 4.98 Å². The Labute approximate surface area is 133 Å². The van der Waals surface area contributed by atoms with Crippen LogP contribution in [-0.4, -0.2) is 27.7 Å². The van der Waals surface area contributed by atoms with E-state index in [-0.39, 0.29) is 0 Å². The molecule has 0 unspecified atom stereocenters. The summed E-state index contributed by atoms with van der Waals surface area (Å²) < 4.78 is 1.95. The first-order chi connectivity index (χ1) is 10.7. The Bertz CT molecular complexity index is 586. The van der Waals surface area contributed by atoms with Crippen molar-refractivity contribution in [2.24, 2.45) is 5.73 Å². The molecule has 2 aromatic heterocycles. The van der Waals surface area contributed by atoms with E-state index in [4.69, 9.17) is 15.8 Å². The number of aryl methyl sites for hydroxylation is 1. The van der Waals surface area contributed by atoms with E-state index in [0.29, 0.717) is 12.5 Å². The number of rotatable bonds is 9. The predicted molar refractivity (Wildman–Crippen MR) is 92.5 cm³/mol. The van der Waals surface area contributed by atoms with E-state index in [1.165, 1.54) is 0 Å². The van der Waals surface area contributed by atoms with Crippen LogP contribution in [0.25, 0.3) is 5.65 Å². The third-order valence-corrected chi connectivity index (χ3v) is 4.10. The van der Waals surface area contributed by atoms with Crippen molar-refractivity contribution in [3.63, 3.8) is 0 Å². The van der Waals surface area contributed by atoms with Crippen molar-refractivity contribution in [2.45, 2.75) is 58.8 Å². The molecule has 0 fully saturated rings. The molecular formula is C17H29N5. The zero-order valence-corrected chi connectivity index (χ0v) is 14.1. The Hall–Kier alpha value is -1.62. The molecule has 5 nitrogen and oxygen atoms in total. The summed E-state index contributed by atoms with van der Waals surface area (Å²) in [5, 5.41) is 8.25. The van der Waals surface area contributed by atoms with Gasteiger partial charge in [-0.1, -0.05) is 27.2 Å². The summed E-state index contributed by atoms with van der Waals surface area (Å²) in [5.74, 6) is 1.53. The summed E-state index contributed by atoms with van der Waals surface area (Å²) in [6, 6.07) is 4.27. The van der Waals surface area contributed by atoms with E-state index >= 15 is 0 Å². The molecule has 0 aliphatic carbocycles. The van der Waals surface area contributed by atoms with Crippen molar-refractivity contribution >= 4 is 11.5 Å². The monoisotopic (exact) mass is 303 g/mol. The highest BCUT2D eigenvalue weighted by molar-refractivity contribution is 5.51. The van der Waals surface area contributed by atoms with Crippen molar-refractivity contribution in [3.05, 3.63) is 23.5 Å². The highest BCUT2D eigenvalue weighted by atomic mass is 15.3. The summed E-state index contributed by atoms with van der Waals surface area (Å²) in [6.45, 7) is 8.17. The average Bonchev–Trinajstić information content (AvgIpc) is 2.93. The number of aromatic nitrogens is 3. The first-order valence-electron chi connectivity index (χ1n) is 8.56. The SMILES string of the molecule is CCCc1cc(NCCCN)n2nc(C(CC)CC)cc2n1. The van der Waals surface area contributed by atoms with Gasteiger partial charge in [0.05, 0.1) is 5.69 Å². The van der Waals surface area contributed by atoms with Gasteiger partial charge >= 0.3 is 0 Å². The number of anilines is 1. The zero-order valence-electron chi connectivity index (χ0n) is 14.1. The second kappa shape index (κ2) is 8.13. The minimum Gasteiger partial charge on any atom is -0.370 e. The van der Waals surface area contributed by atoms with Crippen LogP contribution in [0.5, 0.6) is 0 Å². The Kier molecular flexibility index (Phi) is 6.19. The Morgan fingerprint density at radius 3 is 2.64 bits per heavy atom. The Balaban J connectivity index is 2.39. The van der Waals surface area contributed by atoms with Crippen LogP contribution in [0.1, 0.15) is 63.8 Å². The molecule has 5 heteroatoms. The molecular weight excluding hydrogens is 274 g/mol. The quantitative estimate of drug-likeness (QED) is 0.697. The number of fused-ring (bicyclic) bond motifs is 1. The molecule has 0 amide bonds. The molecule has 0 bridgehead atoms. The molecule has 3 N–H and O–H groups in total. The van der Waals surface area contributed by atoms with Crippen molar-refractivity contribution < 1.29 is 0 Å². The maximum Gasteiger partial charge on any atom is 0.157 e. The first kappa shape index (κ1) is 16.7. The van der Waals surface area contributed by atoms with Gasteiger partial charge in [-0.2, -0.15) is 9.61 Å². The van der Waals surface area contributed by atoms with Gasteiger partial charge in [-0.3, -0.25) is 0 Å². The third kappa shape index (κ3) is 3.77. The van der Waals surface area contributed by atoms with Crippen LogP contribution in [0, 0.1) is 0 Å². The van der Waals surface area contributed by atoms with Crippen LogP contribution < -0.4 is 11.1 Å². The largest absolute Gasteiger partial charge is 0.370 e. The summed E-state index contributed by atoms with van der Waals surface area (Å²) in [4.78, 5) is 4.76. The Morgan fingerprint density at radius 1 is 1.23 bits per heavy atom. The molecule has 0 radical (unpaired) electrons. The normalized spacial score (nSPS) is 11.5. The molecule has 0 spiro atoms. The zero-order chi connectivity index (χ0) is 15.9. The molecule has 0 aliphatic heterocycles. The molecule has 2 heterocycles. The number of nitrogens with two attached hydrogens (primary N) is 1. The molecule has 2 aromatic rings. The van der Waals surface area contributed by atoms with E-state index in [1.54, 1.807) is 0 Å². The van der Waals surface area contributed by atoms with Crippen LogP contribution in [0.3, 0.4) is 0 Å². The van der Waals surface area contributed by atoms with Gasteiger partial charge in [0.25, 0.3) is 0 Å². The number of nitrogens with zero attached hydrogens (tertiary/aromatic N) is 3. The van der Waals surface area contributed by atoms with Gasteiger partial charge in [-0.15, -0.1) is 0 Å². The van der Waals surface area contributed by atoms with Crippen LogP contribution in [0.15, 0.2) is 12.1 Å². The molecule has 122 valence electrons. The van der Waals surface area contributed by atoms with Crippen molar-refractivity contribution in [1.29, 1.82) is 0 Å². The number of nitrogens with one attached hydrogen (secondary N) is 1. The van der Waals surface area contributed by atoms with Crippen LogP contribution >= 0.6 is 0 Å². The predicted octanol–water partition coefficient (Wildman–Crippen LogP) is 3.35. The number of hydrogen-bond donors (Lipinski definition) is 2. The molecule has 0 aromatic carbocycles. The van der Waals surface area contributed by atoms with Gasteiger partial charge in [0, 0.05) is 30.3 Å². The van der Waals surface area contributed by atoms with E-state index in [0.717, 1.165) is 61.5 Å².